The van der Waals surface area contributed by atoms with Crippen LogP contribution in [0.4, 0.5) is 5.69 Å². The maximum absolute atomic E-state index is 12.3. The normalized spacial score (nSPS) is 11.8. The van der Waals surface area contributed by atoms with Crippen LogP contribution in [-0.2, 0) is 14.8 Å². The van der Waals surface area contributed by atoms with Gasteiger partial charge in [0.2, 0.25) is 10.0 Å². The lowest BCUT2D eigenvalue weighted by Gasteiger charge is -2.09. The summed E-state index contributed by atoms with van der Waals surface area (Å²) in [5.41, 5.74) is 4.27. The maximum Gasteiger partial charge on any atom is 0.339 e. The first-order valence-corrected chi connectivity index (χ1v) is 11.5. The molecule has 0 bridgehead atoms. The number of hydrogen-bond acceptors (Lipinski definition) is 7. The van der Waals surface area contributed by atoms with Crippen LogP contribution in [0.3, 0.4) is 0 Å². The third-order valence-electron chi connectivity index (χ3n) is 4.21. The average molecular weight is 476 g/mol. The first-order chi connectivity index (χ1) is 15.1. The first-order valence-electron chi connectivity index (χ1n) is 9.62. The third-order valence-corrected chi connectivity index (χ3v) is 5.47. The number of rotatable bonds is 8. The Morgan fingerprint density at radius 1 is 1.19 bits per heavy atom. The number of halogens is 1. The van der Waals surface area contributed by atoms with Crippen molar-refractivity contribution in [3.8, 4) is 11.3 Å². The molecule has 168 valence electrons. The molecule has 0 aliphatic rings. The molecule has 0 amide bonds. The second-order valence-corrected chi connectivity index (χ2v) is 9.30. The molecule has 3 N–H and O–H groups in total. The molecule has 0 saturated carbocycles. The lowest BCUT2D eigenvalue weighted by Crippen LogP contribution is -2.11. The smallest absolute Gasteiger partial charge is 0.339 e. The minimum absolute atomic E-state index is 0.0122. The van der Waals surface area contributed by atoms with E-state index in [9.17, 15) is 13.2 Å². The molecule has 8 nitrogen and oxygen atoms in total. The number of carbonyl (C=O) groups is 1. The Kier molecular flexibility index (Phi) is 7.34. The number of ether oxygens (including phenoxy) is 1. The molecular weight excluding hydrogens is 454 g/mol. The summed E-state index contributed by atoms with van der Waals surface area (Å²) in [5, 5.41) is 9.44. The van der Waals surface area contributed by atoms with Gasteiger partial charge in [0.15, 0.2) is 0 Å². The van der Waals surface area contributed by atoms with Crippen molar-refractivity contribution in [2.45, 2.75) is 18.7 Å². The Morgan fingerprint density at radius 3 is 2.56 bits per heavy atom. The number of benzene rings is 2. The van der Waals surface area contributed by atoms with Crippen LogP contribution in [-0.4, -0.2) is 27.2 Å². The summed E-state index contributed by atoms with van der Waals surface area (Å²) in [6.45, 7) is 4.20. The van der Waals surface area contributed by atoms with E-state index in [4.69, 9.17) is 25.9 Å². The van der Waals surface area contributed by atoms with Gasteiger partial charge in [-0.25, -0.2) is 18.4 Å². The van der Waals surface area contributed by atoms with E-state index in [1.54, 1.807) is 30.3 Å². The lowest BCUT2D eigenvalue weighted by atomic mass is 10.1. The van der Waals surface area contributed by atoms with Crippen LogP contribution in [0.2, 0.25) is 5.02 Å². The number of sulfonamides is 1. The van der Waals surface area contributed by atoms with Gasteiger partial charge in [0, 0.05) is 5.56 Å². The minimum Gasteiger partial charge on any atom is -0.462 e. The molecule has 32 heavy (non-hydrogen) atoms. The van der Waals surface area contributed by atoms with Gasteiger partial charge in [0.1, 0.15) is 11.5 Å². The Labute approximate surface area is 191 Å². The number of furan rings is 1. The van der Waals surface area contributed by atoms with Crippen molar-refractivity contribution >= 4 is 39.5 Å². The molecule has 0 fully saturated rings. The van der Waals surface area contributed by atoms with Gasteiger partial charge in [-0.1, -0.05) is 25.4 Å². The first kappa shape index (κ1) is 23.5. The summed E-state index contributed by atoms with van der Waals surface area (Å²) in [6, 6.07) is 14.3. The molecule has 0 spiro atoms. The summed E-state index contributed by atoms with van der Waals surface area (Å²) in [5.74, 6) is 0.718. The molecule has 1 aromatic heterocycles. The van der Waals surface area contributed by atoms with Gasteiger partial charge < -0.3 is 9.15 Å². The fourth-order valence-electron chi connectivity index (χ4n) is 2.62. The summed E-state index contributed by atoms with van der Waals surface area (Å²) < 4.78 is 33.6. The molecule has 3 aromatic rings. The van der Waals surface area contributed by atoms with Crippen LogP contribution in [0.5, 0.6) is 0 Å². The summed E-state index contributed by atoms with van der Waals surface area (Å²) >= 11 is 6.16. The van der Waals surface area contributed by atoms with E-state index in [-0.39, 0.29) is 16.4 Å². The topological polar surface area (TPSA) is 124 Å². The van der Waals surface area contributed by atoms with Crippen molar-refractivity contribution in [3.05, 3.63) is 70.9 Å². The molecule has 2 aromatic carbocycles. The molecular formula is C22H22ClN3O5S. The Morgan fingerprint density at radius 2 is 1.91 bits per heavy atom. The summed E-state index contributed by atoms with van der Waals surface area (Å²) in [6.07, 6.45) is 1.46. The number of anilines is 1. The second kappa shape index (κ2) is 9.99. The highest BCUT2D eigenvalue weighted by molar-refractivity contribution is 7.89. The second-order valence-electron chi connectivity index (χ2n) is 7.33. The Bertz CT molecular complexity index is 1230. The van der Waals surface area contributed by atoms with Gasteiger partial charge in [-0.3, -0.25) is 5.43 Å². The fraction of sp³-hybridized carbons (Fsp3) is 0.182. The van der Waals surface area contributed by atoms with Gasteiger partial charge >= 0.3 is 5.97 Å². The van der Waals surface area contributed by atoms with Crippen molar-refractivity contribution in [1.29, 1.82) is 0 Å². The zero-order valence-electron chi connectivity index (χ0n) is 17.4. The zero-order chi connectivity index (χ0) is 23.3. The van der Waals surface area contributed by atoms with Gasteiger partial charge in [-0.2, -0.15) is 5.10 Å². The fourth-order valence-corrected chi connectivity index (χ4v) is 3.33. The highest BCUT2D eigenvalue weighted by Gasteiger charge is 2.15. The molecule has 10 heteroatoms. The number of primary sulfonamides is 1. The monoisotopic (exact) mass is 475 g/mol. The van der Waals surface area contributed by atoms with Crippen molar-refractivity contribution in [1.82, 2.24) is 0 Å². The van der Waals surface area contributed by atoms with Crippen molar-refractivity contribution < 1.29 is 22.4 Å². The van der Waals surface area contributed by atoms with Crippen LogP contribution in [0, 0.1) is 5.92 Å². The Balaban J connectivity index is 1.69. The van der Waals surface area contributed by atoms with Crippen molar-refractivity contribution in [2.24, 2.45) is 16.2 Å². The van der Waals surface area contributed by atoms with E-state index >= 15 is 0 Å². The number of nitrogens with zero attached hydrogens (tertiary/aromatic N) is 1. The molecule has 0 saturated heterocycles. The maximum atomic E-state index is 12.3. The van der Waals surface area contributed by atoms with Crippen LogP contribution in [0.15, 0.2) is 69.0 Å². The average Bonchev–Trinajstić information content (AvgIpc) is 3.21. The van der Waals surface area contributed by atoms with Gasteiger partial charge in [0.05, 0.1) is 34.0 Å². The molecule has 0 atom stereocenters. The number of nitrogens with one attached hydrogen (secondary N) is 1. The van der Waals surface area contributed by atoms with Crippen LogP contribution >= 0.6 is 11.6 Å². The number of esters is 1. The number of carbonyl (C=O) groups excluding carboxylic acids is 1. The van der Waals surface area contributed by atoms with E-state index in [1.807, 2.05) is 13.8 Å². The predicted molar refractivity (Wildman–Crippen MR) is 123 cm³/mol. The minimum atomic E-state index is -3.74. The van der Waals surface area contributed by atoms with E-state index in [0.717, 1.165) is 0 Å². The number of hydrazone groups is 1. The lowest BCUT2D eigenvalue weighted by molar-refractivity contribution is 0.0459. The Hall–Kier alpha value is -3.14. The molecule has 3 rings (SSSR count). The standard InChI is InChI=1S/C22H22ClN3O5S/c1-14(2)13-30-22(27)19-11-15(3-9-20(19)23)21-10-6-17(31-21)12-25-26-16-4-7-18(8-5-16)32(24,28)29/h3-12,14,26H,13H2,1-2H3,(H2,24,28,29). The summed E-state index contributed by atoms with van der Waals surface area (Å²) in [7, 11) is -3.74. The highest BCUT2D eigenvalue weighted by atomic mass is 35.5. The predicted octanol–water partition coefficient (Wildman–Crippen LogP) is 4.51. The summed E-state index contributed by atoms with van der Waals surface area (Å²) in [4.78, 5) is 12.3. The largest absolute Gasteiger partial charge is 0.462 e. The van der Waals surface area contributed by atoms with Gasteiger partial charge in [-0.05, 0) is 60.5 Å². The SMILES string of the molecule is CC(C)COC(=O)c1cc(-c2ccc(C=NNc3ccc(S(N)(=O)=O)cc3)o2)ccc1Cl. The van der Waals surface area contributed by atoms with Crippen LogP contribution in [0.25, 0.3) is 11.3 Å². The highest BCUT2D eigenvalue weighted by Crippen LogP contribution is 2.27. The van der Waals surface area contributed by atoms with E-state index in [2.05, 4.69) is 10.5 Å². The molecule has 1 heterocycles. The molecule has 0 unspecified atom stereocenters. The molecule has 0 aliphatic heterocycles. The van der Waals surface area contributed by atoms with Crippen LogP contribution in [0.1, 0.15) is 30.0 Å². The quantitative estimate of drug-likeness (QED) is 0.280. The third kappa shape index (κ3) is 6.19. The van der Waals surface area contributed by atoms with E-state index < -0.39 is 16.0 Å². The van der Waals surface area contributed by atoms with Crippen LogP contribution < -0.4 is 10.6 Å². The molecule has 0 aliphatic carbocycles. The van der Waals surface area contributed by atoms with Gasteiger partial charge in [0.25, 0.3) is 0 Å². The van der Waals surface area contributed by atoms with E-state index in [0.29, 0.717) is 34.4 Å². The number of hydrogen-bond donors (Lipinski definition) is 2. The van der Waals surface area contributed by atoms with Crippen molar-refractivity contribution in [3.63, 3.8) is 0 Å². The zero-order valence-corrected chi connectivity index (χ0v) is 19.0. The van der Waals surface area contributed by atoms with Gasteiger partial charge in [-0.15, -0.1) is 0 Å². The van der Waals surface area contributed by atoms with Crippen molar-refractivity contribution in [2.75, 3.05) is 12.0 Å². The number of nitrogens with two attached hydrogens (primary N) is 1. The van der Waals surface area contributed by atoms with E-state index in [1.165, 1.54) is 30.5 Å². The molecule has 0 radical (unpaired) electrons.